The van der Waals surface area contributed by atoms with E-state index in [0.29, 0.717) is 5.69 Å². The number of rotatable bonds is 3. The summed E-state index contributed by atoms with van der Waals surface area (Å²) in [5.74, 6) is -1.32. The average molecular weight is 261 g/mol. The number of benzene rings is 1. The molecule has 0 spiro atoms. The predicted octanol–water partition coefficient (Wildman–Crippen LogP) is 1.77. The van der Waals surface area contributed by atoms with Crippen LogP contribution in [0.4, 0.5) is 0 Å². The van der Waals surface area contributed by atoms with Crippen LogP contribution < -0.4 is 0 Å². The highest BCUT2D eigenvalue weighted by Crippen LogP contribution is 2.29. The first-order valence-corrected chi connectivity index (χ1v) is 5.79. The van der Waals surface area contributed by atoms with E-state index < -0.39 is 17.4 Å². The van der Waals surface area contributed by atoms with Crippen molar-refractivity contribution in [2.75, 3.05) is 14.2 Å². The van der Waals surface area contributed by atoms with Gasteiger partial charge in [0.2, 0.25) is 5.41 Å². The van der Waals surface area contributed by atoms with Crippen LogP contribution in [0, 0.1) is 0 Å². The largest absolute Gasteiger partial charge is 0.468 e. The number of carbonyl (C=O) groups is 2. The molecule has 19 heavy (non-hydrogen) atoms. The van der Waals surface area contributed by atoms with E-state index in [2.05, 4.69) is 4.98 Å². The second kappa shape index (κ2) is 4.76. The van der Waals surface area contributed by atoms with Crippen LogP contribution in [0.2, 0.25) is 0 Å². The lowest BCUT2D eigenvalue weighted by molar-refractivity contribution is -0.161. The molecule has 5 heteroatoms. The molecule has 0 amide bonds. The van der Waals surface area contributed by atoms with Gasteiger partial charge in [0.15, 0.2) is 0 Å². The summed E-state index contributed by atoms with van der Waals surface area (Å²) < 4.78 is 9.46. The Morgan fingerprint density at radius 3 is 2.21 bits per heavy atom. The van der Waals surface area contributed by atoms with Crippen molar-refractivity contribution in [2.24, 2.45) is 0 Å². The Bertz CT molecular complexity index is 580. The zero-order valence-electron chi connectivity index (χ0n) is 11.0. The number of nitrogens with one attached hydrogen (secondary N) is 1. The molecule has 2 aromatic rings. The zero-order valence-corrected chi connectivity index (χ0v) is 11.0. The highest BCUT2D eigenvalue weighted by Gasteiger charge is 2.46. The number of fused-ring (bicyclic) bond motifs is 1. The number of esters is 2. The lowest BCUT2D eigenvalue weighted by Gasteiger charge is -2.22. The number of aromatic amines is 1. The van der Waals surface area contributed by atoms with Crippen LogP contribution in [0.3, 0.4) is 0 Å². The smallest absolute Gasteiger partial charge is 0.329 e. The van der Waals surface area contributed by atoms with Crippen LogP contribution in [0.5, 0.6) is 0 Å². The number of H-pyrrole nitrogens is 1. The molecule has 0 aliphatic rings. The molecule has 0 atom stereocenters. The maximum absolute atomic E-state index is 12.0. The van der Waals surface area contributed by atoms with E-state index in [1.54, 1.807) is 6.07 Å². The number of para-hydroxylation sites is 1. The van der Waals surface area contributed by atoms with E-state index in [1.165, 1.54) is 21.1 Å². The van der Waals surface area contributed by atoms with Gasteiger partial charge < -0.3 is 14.5 Å². The zero-order chi connectivity index (χ0) is 14.0. The summed E-state index contributed by atoms with van der Waals surface area (Å²) in [6.45, 7) is 1.48. The third-order valence-corrected chi connectivity index (χ3v) is 3.26. The number of methoxy groups -OCH3 is 2. The lowest BCUT2D eigenvalue weighted by Crippen LogP contribution is -2.43. The fraction of sp³-hybridized carbons (Fsp3) is 0.286. The van der Waals surface area contributed by atoms with Crippen molar-refractivity contribution in [2.45, 2.75) is 12.3 Å². The van der Waals surface area contributed by atoms with E-state index in [0.717, 1.165) is 10.9 Å². The highest BCUT2D eigenvalue weighted by molar-refractivity contribution is 6.06. The Morgan fingerprint density at radius 1 is 1.11 bits per heavy atom. The summed E-state index contributed by atoms with van der Waals surface area (Å²) in [4.78, 5) is 27.0. The van der Waals surface area contributed by atoms with Crippen LogP contribution in [0.15, 0.2) is 30.3 Å². The fourth-order valence-corrected chi connectivity index (χ4v) is 2.05. The normalized spacial score (nSPS) is 11.3. The van der Waals surface area contributed by atoms with Crippen molar-refractivity contribution in [1.82, 2.24) is 4.98 Å². The Hall–Kier alpha value is -2.30. The molecule has 1 aromatic carbocycles. The molecule has 1 N–H and O–H groups in total. The number of carbonyl (C=O) groups excluding carboxylic acids is 2. The molecule has 0 radical (unpaired) electrons. The summed E-state index contributed by atoms with van der Waals surface area (Å²) in [7, 11) is 2.48. The van der Waals surface area contributed by atoms with Gasteiger partial charge in [-0.2, -0.15) is 0 Å². The van der Waals surface area contributed by atoms with Crippen molar-refractivity contribution in [1.29, 1.82) is 0 Å². The summed E-state index contributed by atoms with van der Waals surface area (Å²) in [6.07, 6.45) is 0. The molecule has 100 valence electrons. The van der Waals surface area contributed by atoms with Crippen molar-refractivity contribution >= 4 is 22.8 Å². The van der Waals surface area contributed by atoms with Gasteiger partial charge in [-0.15, -0.1) is 0 Å². The SMILES string of the molecule is COC(=O)C(C)(C(=O)OC)c1cc2ccccc2[nH]1. The minimum absolute atomic E-state index is 0.451. The minimum Gasteiger partial charge on any atom is -0.468 e. The van der Waals surface area contributed by atoms with Gasteiger partial charge in [-0.25, -0.2) is 0 Å². The van der Waals surface area contributed by atoms with Crippen LogP contribution >= 0.6 is 0 Å². The average Bonchev–Trinajstić information content (AvgIpc) is 2.88. The molecule has 0 saturated carbocycles. The molecule has 1 aromatic heterocycles. The first-order chi connectivity index (χ1) is 9.03. The van der Waals surface area contributed by atoms with Crippen LogP contribution in [0.1, 0.15) is 12.6 Å². The van der Waals surface area contributed by atoms with Gasteiger partial charge in [-0.1, -0.05) is 18.2 Å². The standard InChI is InChI=1S/C14H15NO4/c1-14(12(16)18-2,13(17)19-3)11-8-9-6-4-5-7-10(9)15-11/h4-8,15H,1-3H3. The van der Waals surface area contributed by atoms with Gasteiger partial charge in [0.25, 0.3) is 0 Å². The molecule has 2 rings (SSSR count). The van der Waals surface area contributed by atoms with Crippen molar-refractivity contribution in [3.63, 3.8) is 0 Å². The van der Waals surface area contributed by atoms with Gasteiger partial charge in [-0.05, 0) is 24.4 Å². The monoisotopic (exact) mass is 261 g/mol. The number of hydrogen-bond donors (Lipinski definition) is 1. The first kappa shape index (κ1) is 13.1. The molecular formula is C14H15NO4. The minimum atomic E-state index is -1.50. The van der Waals surface area contributed by atoms with Gasteiger partial charge in [0.1, 0.15) is 0 Å². The van der Waals surface area contributed by atoms with Gasteiger partial charge in [0, 0.05) is 11.2 Å². The molecule has 1 heterocycles. The van der Waals surface area contributed by atoms with E-state index in [1.807, 2.05) is 24.3 Å². The maximum atomic E-state index is 12.0. The predicted molar refractivity (Wildman–Crippen MR) is 69.7 cm³/mol. The second-order valence-corrected chi connectivity index (χ2v) is 4.38. The van der Waals surface area contributed by atoms with E-state index in [4.69, 9.17) is 9.47 Å². The van der Waals surface area contributed by atoms with Crippen molar-refractivity contribution < 1.29 is 19.1 Å². The number of ether oxygens (including phenoxy) is 2. The van der Waals surface area contributed by atoms with Crippen LogP contribution in [-0.4, -0.2) is 31.1 Å². The fourth-order valence-electron chi connectivity index (χ4n) is 2.05. The van der Waals surface area contributed by atoms with E-state index in [-0.39, 0.29) is 0 Å². The second-order valence-electron chi connectivity index (χ2n) is 4.38. The Balaban J connectivity index is 2.60. The Labute approximate surface area is 110 Å². The van der Waals surface area contributed by atoms with Gasteiger partial charge in [0.05, 0.1) is 14.2 Å². The third kappa shape index (κ3) is 1.97. The maximum Gasteiger partial charge on any atom is 0.329 e. The highest BCUT2D eigenvalue weighted by atomic mass is 16.5. The van der Waals surface area contributed by atoms with Crippen LogP contribution in [-0.2, 0) is 24.5 Å². The molecule has 0 fully saturated rings. The summed E-state index contributed by atoms with van der Waals surface area (Å²) in [5, 5.41) is 0.913. The summed E-state index contributed by atoms with van der Waals surface area (Å²) in [5.41, 5.74) is -0.202. The third-order valence-electron chi connectivity index (χ3n) is 3.26. The Kier molecular flexibility index (Phi) is 3.29. The molecule has 5 nitrogen and oxygen atoms in total. The van der Waals surface area contributed by atoms with Gasteiger partial charge in [-0.3, -0.25) is 9.59 Å². The molecule has 0 saturated heterocycles. The van der Waals surface area contributed by atoms with Crippen LogP contribution in [0.25, 0.3) is 10.9 Å². The molecule has 0 aliphatic heterocycles. The van der Waals surface area contributed by atoms with Gasteiger partial charge >= 0.3 is 11.9 Å². The molecular weight excluding hydrogens is 246 g/mol. The number of aromatic nitrogens is 1. The quantitative estimate of drug-likeness (QED) is 0.675. The summed E-state index contributed by atoms with van der Waals surface area (Å²) >= 11 is 0. The summed E-state index contributed by atoms with van der Waals surface area (Å²) in [6, 6.07) is 9.27. The first-order valence-electron chi connectivity index (χ1n) is 5.79. The van der Waals surface area contributed by atoms with Crippen molar-refractivity contribution in [3.8, 4) is 0 Å². The Morgan fingerprint density at radius 2 is 1.68 bits per heavy atom. The van der Waals surface area contributed by atoms with E-state index in [9.17, 15) is 9.59 Å². The number of hydrogen-bond acceptors (Lipinski definition) is 4. The topological polar surface area (TPSA) is 68.4 Å². The molecule has 0 aliphatic carbocycles. The lowest BCUT2D eigenvalue weighted by atomic mass is 9.87. The van der Waals surface area contributed by atoms with Crippen molar-refractivity contribution in [3.05, 3.63) is 36.0 Å². The molecule has 0 unspecified atom stereocenters. The molecule has 0 bridgehead atoms. The van der Waals surface area contributed by atoms with E-state index >= 15 is 0 Å².